The topological polar surface area (TPSA) is 24.5 Å². The molecule has 3 nitrogen and oxygen atoms in total. The second-order valence-corrected chi connectivity index (χ2v) is 6.70. The Balaban J connectivity index is 1.83. The minimum Gasteiger partial charge on any atom is -0.496 e. The third-order valence-electron chi connectivity index (χ3n) is 5.26. The molecule has 2 aliphatic rings. The highest BCUT2D eigenvalue weighted by molar-refractivity contribution is 5.37. The van der Waals surface area contributed by atoms with Gasteiger partial charge in [-0.05, 0) is 25.8 Å². The van der Waals surface area contributed by atoms with E-state index in [9.17, 15) is 0 Å². The quantitative estimate of drug-likeness (QED) is 0.925. The molecule has 0 aromatic heterocycles. The lowest BCUT2D eigenvalue weighted by Gasteiger charge is -2.50. The third-order valence-corrected chi connectivity index (χ3v) is 5.26. The summed E-state index contributed by atoms with van der Waals surface area (Å²) in [6.45, 7) is 6.59. The number of nitrogens with one attached hydrogen (secondary N) is 1. The molecule has 0 unspecified atom stereocenters. The van der Waals surface area contributed by atoms with Gasteiger partial charge in [0.25, 0.3) is 0 Å². The summed E-state index contributed by atoms with van der Waals surface area (Å²) in [5.41, 5.74) is 3.04. The fourth-order valence-corrected chi connectivity index (χ4v) is 4.07. The van der Waals surface area contributed by atoms with Crippen LogP contribution in [0.4, 0.5) is 0 Å². The molecule has 21 heavy (non-hydrogen) atoms. The van der Waals surface area contributed by atoms with Crippen molar-refractivity contribution < 1.29 is 4.74 Å². The molecule has 1 saturated carbocycles. The lowest BCUT2D eigenvalue weighted by atomic mass is 9.79. The van der Waals surface area contributed by atoms with E-state index in [1.165, 1.54) is 43.2 Å². The van der Waals surface area contributed by atoms with Gasteiger partial charge in [-0.25, -0.2) is 0 Å². The molecule has 1 saturated heterocycles. The maximum atomic E-state index is 5.58. The van der Waals surface area contributed by atoms with Crippen molar-refractivity contribution in [3.05, 3.63) is 29.3 Å². The van der Waals surface area contributed by atoms with E-state index < -0.39 is 0 Å². The highest BCUT2D eigenvalue weighted by Gasteiger charge is 2.39. The summed E-state index contributed by atoms with van der Waals surface area (Å²) in [4.78, 5) is 2.72. The molecule has 3 rings (SSSR count). The highest BCUT2D eigenvalue weighted by Crippen LogP contribution is 2.36. The van der Waals surface area contributed by atoms with Crippen LogP contribution in [0, 0.1) is 6.92 Å². The van der Waals surface area contributed by atoms with Crippen molar-refractivity contribution in [1.82, 2.24) is 10.2 Å². The van der Waals surface area contributed by atoms with E-state index in [2.05, 4.69) is 35.3 Å². The highest BCUT2D eigenvalue weighted by atomic mass is 16.5. The molecule has 0 radical (unpaired) electrons. The Bertz CT molecular complexity index is 472. The summed E-state index contributed by atoms with van der Waals surface area (Å²) in [5, 5.41) is 3.63. The first kappa shape index (κ1) is 14.9. The zero-order valence-electron chi connectivity index (χ0n) is 13.5. The second-order valence-electron chi connectivity index (χ2n) is 6.70. The molecule has 1 aromatic carbocycles. The smallest absolute Gasteiger partial charge is 0.123 e. The number of nitrogens with zero attached hydrogens (tertiary/aromatic N) is 1. The lowest BCUT2D eigenvalue weighted by molar-refractivity contribution is 0.0204. The van der Waals surface area contributed by atoms with E-state index in [0.29, 0.717) is 5.54 Å². The Labute approximate surface area is 128 Å². The molecule has 0 bridgehead atoms. The van der Waals surface area contributed by atoms with Crippen LogP contribution >= 0.6 is 0 Å². The van der Waals surface area contributed by atoms with Crippen LogP contribution in [-0.2, 0) is 6.54 Å². The largest absolute Gasteiger partial charge is 0.496 e. The molecule has 0 atom stereocenters. The van der Waals surface area contributed by atoms with E-state index >= 15 is 0 Å². The Morgan fingerprint density at radius 1 is 1.24 bits per heavy atom. The number of hydrogen-bond acceptors (Lipinski definition) is 3. The first-order valence-corrected chi connectivity index (χ1v) is 8.33. The van der Waals surface area contributed by atoms with Crippen molar-refractivity contribution in [3.63, 3.8) is 0 Å². The number of aryl methyl sites for hydroxylation is 1. The fraction of sp³-hybridized carbons (Fsp3) is 0.667. The van der Waals surface area contributed by atoms with Crippen LogP contribution in [0.25, 0.3) is 0 Å². The van der Waals surface area contributed by atoms with Crippen LogP contribution in [0.2, 0.25) is 0 Å². The Hall–Kier alpha value is -1.06. The van der Waals surface area contributed by atoms with E-state index in [1.807, 2.05) is 0 Å². The molecule has 1 heterocycles. The average Bonchev–Trinajstić information content (AvgIpc) is 2.51. The average molecular weight is 288 g/mol. The van der Waals surface area contributed by atoms with Crippen LogP contribution in [0.3, 0.4) is 0 Å². The minimum atomic E-state index is 0.380. The first-order chi connectivity index (χ1) is 10.2. The summed E-state index contributed by atoms with van der Waals surface area (Å²) in [5.74, 6) is 1.03. The number of rotatable bonds is 3. The van der Waals surface area contributed by atoms with Crippen molar-refractivity contribution in [1.29, 1.82) is 0 Å². The molecule has 116 valence electrons. The van der Waals surface area contributed by atoms with Gasteiger partial charge in [0, 0.05) is 37.3 Å². The monoisotopic (exact) mass is 288 g/mol. The molecule has 1 aliphatic carbocycles. The van der Waals surface area contributed by atoms with E-state index in [-0.39, 0.29) is 0 Å². The number of hydrogen-bond donors (Lipinski definition) is 1. The Morgan fingerprint density at radius 2 is 2.05 bits per heavy atom. The fourth-order valence-electron chi connectivity index (χ4n) is 4.07. The number of methoxy groups -OCH3 is 1. The normalized spacial score (nSPS) is 22.4. The van der Waals surface area contributed by atoms with Crippen molar-refractivity contribution in [3.8, 4) is 5.75 Å². The number of ether oxygens (including phenoxy) is 1. The maximum Gasteiger partial charge on any atom is 0.123 e. The molecule has 2 fully saturated rings. The van der Waals surface area contributed by atoms with Gasteiger partial charge < -0.3 is 10.1 Å². The van der Waals surface area contributed by atoms with Crippen molar-refractivity contribution in [2.45, 2.75) is 51.1 Å². The summed E-state index contributed by atoms with van der Waals surface area (Å²) in [7, 11) is 1.78. The van der Waals surface area contributed by atoms with Gasteiger partial charge in [-0.15, -0.1) is 0 Å². The van der Waals surface area contributed by atoms with Gasteiger partial charge in [0.05, 0.1) is 7.11 Å². The Morgan fingerprint density at radius 3 is 2.81 bits per heavy atom. The molecular weight excluding hydrogens is 260 g/mol. The zero-order chi connectivity index (χ0) is 14.7. The van der Waals surface area contributed by atoms with Crippen molar-refractivity contribution in [2.75, 3.05) is 26.7 Å². The second kappa shape index (κ2) is 6.37. The van der Waals surface area contributed by atoms with Crippen LogP contribution in [0.1, 0.15) is 43.2 Å². The van der Waals surface area contributed by atoms with Crippen molar-refractivity contribution >= 4 is 0 Å². The van der Waals surface area contributed by atoms with Gasteiger partial charge in [0.2, 0.25) is 0 Å². The van der Waals surface area contributed by atoms with E-state index in [1.54, 1.807) is 7.11 Å². The van der Waals surface area contributed by atoms with Crippen LogP contribution in [0.5, 0.6) is 5.75 Å². The molecule has 1 aromatic rings. The van der Waals surface area contributed by atoms with Gasteiger partial charge in [-0.2, -0.15) is 0 Å². The molecule has 3 heteroatoms. The minimum absolute atomic E-state index is 0.380. The first-order valence-electron chi connectivity index (χ1n) is 8.33. The standard InChI is InChI=1S/C18H28N2O/c1-15-6-7-17(21-2)16(12-15)13-20-11-10-19-14-18(20)8-4-3-5-9-18/h6-7,12,19H,3-5,8-11,13-14H2,1-2H3. The molecule has 1 aliphatic heterocycles. The van der Waals surface area contributed by atoms with E-state index in [0.717, 1.165) is 31.9 Å². The summed E-state index contributed by atoms with van der Waals surface area (Å²) in [6, 6.07) is 6.54. The van der Waals surface area contributed by atoms with Gasteiger partial charge >= 0.3 is 0 Å². The number of benzene rings is 1. The van der Waals surface area contributed by atoms with E-state index in [4.69, 9.17) is 4.74 Å². The van der Waals surface area contributed by atoms with Gasteiger partial charge in [-0.1, -0.05) is 37.0 Å². The molecule has 1 spiro atoms. The molecular formula is C18H28N2O. The van der Waals surface area contributed by atoms with Gasteiger partial charge in [0.15, 0.2) is 0 Å². The van der Waals surface area contributed by atoms with Crippen LogP contribution in [0.15, 0.2) is 18.2 Å². The Kier molecular flexibility index (Phi) is 4.51. The summed E-state index contributed by atoms with van der Waals surface area (Å²) >= 11 is 0. The lowest BCUT2D eigenvalue weighted by Crippen LogP contribution is -2.61. The SMILES string of the molecule is COc1ccc(C)cc1CN1CCNCC12CCCCC2. The summed E-state index contributed by atoms with van der Waals surface area (Å²) in [6.07, 6.45) is 6.85. The summed E-state index contributed by atoms with van der Waals surface area (Å²) < 4.78 is 5.58. The maximum absolute atomic E-state index is 5.58. The number of piperazine rings is 1. The predicted octanol–water partition coefficient (Wildman–Crippen LogP) is 3.11. The van der Waals surface area contributed by atoms with Gasteiger partial charge in [-0.3, -0.25) is 4.90 Å². The molecule has 0 amide bonds. The predicted molar refractivity (Wildman–Crippen MR) is 86.8 cm³/mol. The van der Waals surface area contributed by atoms with Gasteiger partial charge in [0.1, 0.15) is 5.75 Å². The third kappa shape index (κ3) is 3.09. The molecule has 1 N–H and O–H groups in total. The van der Waals surface area contributed by atoms with Crippen LogP contribution in [-0.4, -0.2) is 37.2 Å². The zero-order valence-corrected chi connectivity index (χ0v) is 13.5. The van der Waals surface area contributed by atoms with Crippen molar-refractivity contribution in [2.24, 2.45) is 0 Å². The van der Waals surface area contributed by atoms with Crippen LogP contribution < -0.4 is 10.1 Å².